The van der Waals surface area contributed by atoms with E-state index in [2.05, 4.69) is 0 Å². The maximum atomic E-state index is 14.2. The van der Waals surface area contributed by atoms with Crippen LogP contribution in [0.2, 0.25) is 0 Å². The topological polar surface area (TPSA) is 183 Å². The number of ether oxygens (including phenoxy) is 7. The average Bonchev–Trinajstić information content (AvgIpc) is 3.09. The molecule has 0 spiro atoms. The van der Waals surface area contributed by atoms with Crippen molar-refractivity contribution in [1.29, 1.82) is 0 Å². The molecule has 4 N–H and O–H groups in total. The van der Waals surface area contributed by atoms with Gasteiger partial charge < -0.3 is 58.5 Å². The second kappa shape index (κ2) is 17.7. The van der Waals surface area contributed by atoms with Crippen LogP contribution in [0.15, 0.2) is 0 Å². The third kappa shape index (κ3) is 9.38. The van der Waals surface area contributed by atoms with Crippen molar-refractivity contribution >= 4 is 11.8 Å². The lowest BCUT2D eigenvalue weighted by Gasteiger charge is -2.50. The van der Waals surface area contributed by atoms with Crippen LogP contribution < -0.4 is 0 Å². The quantitative estimate of drug-likeness (QED) is 0.266. The van der Waals surface area contributed by atoms with E-state index in [1.54, 1.807) is 48.5 Å². The molecule has 0 aromatic heterocycles. The van der Waals surface area contributed by atoms with Crippen LogP contribution in [0.1, 0.15) is 94.9 Å². The van der Waals surface area contributed by atoms with E-state index in [1.807, 2.05) is 32.8 Å². The van der Waals surface area contributed by atoms with Crippen molar-refractivity contribution in [2.75, 3.05) is 28.3 Å². The third-order valence-electron chi connectivity index (χ3n) is 12.3. The summed E-state index contributed by atoms with van der Waals surface area (Å²) < 4.78 is 43.9. The summed E-state index contributed by atoms with van der Waals surface area (Å²) >= 11 is 0. The Morgan fingerprint density at radius 1 is 0.846 bits per heavy atom. The van der Waals surface area contributed by atoms with Gasteiger partial charge in [0.15, 0.2) is 12.6 Å². The smallest absolute Gasteiger partial charge is 0.311 e. The molecule has 3 aliphatic heterocycles. The van der Waals surface area contributed by atoms with Crippen molar-refractivity contribution in [1.82, 2.24) is 4.90 Å². The Morgan fingerprint density at radius 3 is 1.98 bits per heavy atom. The van der Waals surface area contributed by atoms with Crippen molar-refractivity contribution in [2.45, 2.75) is 179 Å². The SMILES string of the molecule is CC[C@@H]1OC(=O)[C@H](C)[C@H](OC2CC(C)(OC)[C@@H](O)[C@@H](C)O2)[C@@H](C)[C@H](O[C@@H]2O[C@H](C)C[C@H](N(C)C)[C@@H]2O)C(C)(OC)C[C@H](C)C(=O)[C@H](C)[C@@H](O)C1(C)O. The molecule has 304 valence electrons. The fraction of sp³-hybridized carbons (Fsp3) is 0.947. The summed E-state index contributed by atoms with van der Waals surface area (Å²) in [6, 6.07) is -0.283. The summed E-state index contributed by atoms with van der Waals surface area (Å²) in [6.07, 6.45) is -8.73. The first-order valence-corrected chi connectivity index (χ1v) is 18.9. The number of aliphatic hydroxyl groups excluding tert-OH is 3. The number of rotatable bonds is 8. The molecule has 0 aromatic rings. The van der Waals surface area contributed by atoms with E-state index in [-0.39, 0.29) is 37.2 Å². The molecule has 3 aliphatic rings. The molecular weight excluding hydrogens is 678 g/mol. The first-order chi connectivity index (χ1) is 24.0. The van der Waals surface area contributed by atoms with E-state index in [9.17, 15) is 30.0 Å². The lowest BCUT2D eigenvalue weighted by atomic mass is 9.74. The van der Waals surface area contributed by atoms with E-state index in [4.69, 9.17) is 33.2 Å². The highest BCUT2D eigenvalue weighted by Crippen LogP contribution is 2.41. The van der Waals surface area contributed by atoms with Gasteiger partial charge in [0, 0.05) is 44.4 Å². The molecule has 52 heavy (non-hydrogen) atoms. The van der Waals surface area contributed by atoms with E-state index in [0.29, 0.717) is 6.42 Å². The molecule has 3 saturated heterocycles. The highest BCUT2D eigenvalue weighted by molar-refractivity contribution is 5.83. The van der Waals surface area contributed by atoms with Gasteiger partial charge in [0.05, 0.1) is 47.6 Å². The number of likely N-dealkylation sites (N-methyl/N-ethyl adjacent to an activating group) is 1. The monoisotopic (exact) mass is 747 g/mol. The van der Waals surface area contributed by atoms with Gasteiger partial charge in [-0.25, -0.2) is 0 Å². The minimum absolute atomic E-state index is 0.111. The lowest BCUT2D eigenvalue weighted by Crippen LogP contribution is -2.61. The van der Waals surface area contributed by atoms with Crippen LogP contribution in [-0.2, 0) is 42.7 Å². The first-order valence-electron chi connectivity index (χ1n) is 18.9. The number of carbonyl (C=O) groups is 2. The van der Waals surface area contributed by atoms with Crippen molar-refractivity contribution in [3.8, 4) is 0 Å². The molecule has 3 heterocycles. The molecule has 0 bridgehead atoms. The molecular formula is C38H69NO13. The number of carbonyl (C=O) groups excluding carboxylic acids is 2. The number of nitrogens with zero attached hydrogens (tertiary/aromatic N) is 1. The summed E-state index contributed by atoms with van der Waals surface area (Å²) in [5, 5.41) is 45.6. The Bertz CT molecular complexity index is 1190. The zero-order valence-electron chi connectivity index (χ0n) is 33.9. The van der Waals surface area contributed by atoms with E-state index in [1.165, 1.54) is 21.1 Å². The van der Waals surface area contributed by atoms with Gasteiger partial charge in [-0.2, -0.15) is 0 Å². The highest BCUT2D eigenvalue weighted by Gasteiger charge is 2.54. The zero-order valence-corrected chi connectivity index (χ0v) is 33.9. The summed E-state index contributed by atoms with van der Waals surface area (Å²) in [4.78, 5) is 30.1. The molecule has 0 saturated carbocycles. The summed E-state index contributed by atoms with van der Waals surface area (Å²) in [6.45, 7) is 17.1. The normalized spacial score (nSPS) is 49.0. The molecule has 14 heteroatoms. The van der Waals surface area contributed by atoms with Crippen LogP contribution in [0.25, 0.3) is 0 Å². The van der Waals surface area contributed by atoms with Crippen molar-refractivity contribution in [3.63, 3.8) is 0 Å². The Morgan fingerprint density at radius 2 is 1.44 bits per heavy atom. The zero-order chi connectivity index (χ0) is 39.7. The number of esters is 1. The number of hydrogen-bond acceptors (Lipinski definition) is 14. The molecule has 4 unspecified atom stereocenters. The molecule has 3 fully saturated rings. The van der Waals surface area contributed by atoms with Crippen molar-refractivity contribution in [3.05, 3.63) is 0 Å². The lowest BCUT2D eigenvalue weighted by molar-refractivity contribution is -0.319. The third-order valence-corrected chi connectivity index (χ3v) is 12.3. The molecule has 14 nitrogen and oxygen atoms in total. The predicted octanol–water partition coefficient (Wildman–Crippen LogP) is 2.44. The van der Waals surface area contributed by atoms with E-state index in [0.717, 1.165) is 0 Å². The van der Waals surface area contributed by atoms with Crippen LogP contribution in [0.3, 0.4) is 0 Å². The fourth-order valence-electron chi connectivity index (χ4n) is 8.58. The highest BCUT2D eigenvalue weighted by atomic mass is 16.7. The predicted molar refractivity (Wildman–Crippen MR) is 191 cm³/mol. The Kier molecular flexibility index (Phi) is 15.3. The number of methoxy groups -OCH3 is 2. The van der Waals surface area contributed by atoms with Crippen molar-refractivity contribution < 1.29 is 63.2 Å². The van der Waals surface area contributed by atoms with Gasteiger partial charge in [-0.3, -0.25) is 9.59 Å². The molecule has 0 aliphatic carbocycles. The van der Waals surface area contributed by atoms with Crippen LogP contribution in [0, 0.1) is 23.7 Å². The maximum absolute atomic E-state index is 14.2. The second-order valence-corrected chi connectivity index (χ2v) is 16.6. The molecule has 3 rings (SSSR count). The van der Waals surface area contributed by atoms with Gasteiger partial charge in [0.2, 0.25) is 0 Å². The number of hydrogen-bond donors (Lipinski definition) is 4. The number of aliphatic hydroxyl groups is 4. The van der Waals surface area contributed by atoms with Gasteiger partial charge in [0.1, 0.15) is 29.7 Å². The van der Waals surface area contributed by atoms with Crippen molar-refractivity contribution in [2.24, 2.45) is 23.7 Å². The van der Waals surface area contributed by atoms with Gasteiger partial charge in [-0.05, 0) is 74.9 Å². The minimum atomic E-state index is -1.96. The van der Waals surface area contributed by atoms with Crippen LogP contribution in [0.4, 0.5) is 0 Å². The Hall–Kier alpha value is -1.30. The molecule has 0 radical (unpaired) electrons. The minimum Gasteiger partial charge on any atom is -0.459 e. The van der Waals surface area contributed by atoms with E-state index >= 15 is 0 Å². The second-order valence-electron chi connectivity index (χ2n) is 16.6. The standard InChI is InChI=1S/C38H69NO13/c1-15-26-38(10,45)31(42)21(4)28(40)19(2)17-37(9,47-14)33(52-35-29(41)25(39(11)12)16-20(3)48-35)22(5)30(23(6)34(44)50-26)51-27-18-36(8,46-13)32(43)24(7)49-27/h19-27,29-33,35,41-43,45H,15-18H2,1-14H3/t19-,20+,21-,22+,23+,24+,25-,26-,27?,29-,30+,31+,32-,33-,35-,36?,37?,38?/m0/s1. The average molecular weight is 748 g/mol. The van der Waals surface area contributed by atoms with Crippen LogP contribution in [-0.4, -0.2) is 150 Å². The number of Topliss-reactive ketones (excluding diaryl/α,β-unsaturated/α-hetero) is 1. The van der Waals surface area contributed by atoms with Gasteiger partial charge in [-0.1, -0.05) is 27.7 Å². The Balaban J connectivity index is 2.22. The fourth-order valence-corrected chi connectivity index (χ4v) is 8.58. The largest absolute Gasteiger partial charge is 0.459 e. The number of cyclic esters (lactones) is 1. The van der Waals surface area contributed by atoms with Gasteiger partial charge >= 0.3 is 5.97 Å². The summed E-state index contributed by atoms with van der Waals surface area (Å²) in [5.74, 6) is -4.47. The van der Waals surface area contributed by atoms with Gasteiger partial charge in [0.25, 0.3) is 0 Å². The Labute approximate surface area is 310 Å². The summed E-state index contributed by atoms with van der Waals surface area (Å²) in [7, 11) is 6.77. The molecule has 0 amide bonds. The maximum Gasteiger partial charge on any atom is 0.311 e. The summed E-state index contributed by atoms with van der Waals surface area (Å²) in [5.41, 5.74) is -4.24. The number of ketones is 1. The molecule has 18 atom stereocenters. The van der Waals surface area contributed by atoms with E-state index < -0.39 is 102 Å². The first kappa shape index (κ1) is 45.1. The van der Waals surface area contributed by atoms with Gasteiger partial charge in [-0.15, -0.1) is 0 Å². The molecule has 0 aromatic carbocycles. The van der Waals surface area contributed by atoms with Crippen LogP contribution >= 0.6 is 0 Å². The van der Waals surface area contributed by atoms with Crippen LogP contribution in [0.5, 0.6) is 0 Å².